The van der Waals surface area contributed by atoms with E-state index in [4.69, 9.17) is 10.5 Å². The molecule has 0 bridgehead atoms. The van der Waals surface area contributed by atoms with Crippen LogP contribution in [-0.4, -0.2) is 13.5 Å². The molecule has 2 rings (SSSR count). The smallest absolute Gasteiger partial charge is 0.493 e. The van der Waals surface area contributed by atoms with Crippen LogP contribution in [0, 0.1) is 5.82 Å². The first-order valence-corrected chi connectivity index (χ1v) is 6.25. The number of halogens is 4. The minimum atomic E-state index is -4.75. The zero-order valence-corrected chi connectivity index (χ0v) is 11.5. The Labute approximate surface area is 124 Å². The third-order valence-electron chi connectivity index (χ3n) is 3.01. The van der Waals surface area contributed by atoms with Crippen LogP contribution in [0.15, 0.2) is 42.5 Å². The van der Waals surface area contributed by atoms with E-state index >= 15 is 0 Å². The van der Waals surface area contributed by atoms with Crippen LogP contribution >= 0.6 is 0 Å². The predicted molar refractivity (Wildman–Crippen MR) is 72.1 cm³/mol. The number of hydrogen-bond acceptors (Lipinski definition) is 3. The quantitative estimate of drug-likeness (QED) is 0.873. The molecule has 3 nitrogen and oxygen atoms in total. The summed E-state index contributed by atoms with van der Waals surface area (Å²) >= 11 is 0. The van der Waals surface area contributed by atoms with Gasteiger partial charge in [-0.05, 0) is 23.8 Å². The minimum absolute atomic E-state index is 0.00520. The van der Waals surface area contributed by atoms with Crippen molar-refractivity contribution in [1.82, 2.24) is 0 Å². The van der Waals surface area contributed by atoms with E-state index in [0.29, 0.717) is 11.1 Å². The molecule has 0 spiro atoms. The fourth-order valence-corrected chi connectivity index (χ4v) is 2.04. The summed E-state index contributed by atoms with van der Waals surface area (Å²) in [5, 5.41) is 0. The molecular formula is C15H13F4NO2. The number of hydrogen-bond donors (Lipinski definition) is 1. The summed E-state index contributed by atoms with van der Waals surface area (Å²) in [7, 11) is 1.31. The summed E-state index contributed by atoms with van der Waals surface area (Å²) in [5.41, 5.74) is 6.92. The molecule has 0 aliphatic heterocycles. The highest BCUT2D eigenvalue weighted by atomic mass is 19.4. The van der Waals surface area contributed by atoms with Crippen molar-refractivity contribution >= 4 is 0 Å². The van der Waals surface area contributed by atoms with Crippen molar-refractivity contribution in [3.05, 3.63) is 59.4 Å². The Morgan fingerprint density at radius 3 is 2.23 bits per heavy atom. The number of rotatable bonds is 4. The number of benzene rings is 2. The van der Waals surface area contributed by atoms with Gasteiger partial charge < -0.3 is 15.2 Å². The van der Waals surface area contributed by atoms with Crippen molar-refractivity contribution in [1.29, 1.82) is 0 Å². The molecule has 118 valence electrons. The normalized spacial score (nSPS) is 12.8. The lowest BCUT2D eigenvalue weighted by Gasteiger charge is -2.17. The first kappa shape index (κ1) is 16.1. The maximum atomic E-state index is 13.7. The summed E-state index contributed by atoms with van der Waals surface area (Å²) in [6.07, 6.45) is -4.75. The molecule has 0 unspecified atom stereocenters. The highest BCUT2D eigenvalue weighted by molar-refractivity contribution is 5.43. The van der Waals surface area contributed by atoms with E-state index in [9.17, 15) is 17.6 Å². The maximum Gasteiger partial charge on any atom is 0.573 e. The van der Waals surface area contributed by atoms with Gasteiger partial charge in [-0.2, -0.15) is 0 Å². The predicted octanol–water partition coefficient (Wildman–Crippen LogP) is 3.78. The monoisotopic (exact) mass is 315 g/mol. The molecular weight excluding hydrogens is 302 g/mol. The van der Waals surface area contributed by atoms with E-state index in [1.807, 2.05) is 0 Å². The highest BCUT2D eigenvalue weighted by Crippen LogP contribution is 2.31. The summed E-state index contributed by atoms with van der Waals surface area (Å²) < 4.78 is 58.7. The summed E-state index contributed by atoms with van der Waals surface area (Å²) in [5.74, 6) is -0.909. The number of alkyl halides is 3. The molecule has 0 aliphatic carbocycles. The van der Waals surface area contributed by atoms with Crippen LogP contribution in [-0.2, 0) is 0 Å². The lowest BCUT2D eigenvalue weighted by atomic mass is 9.98. The van der Waals surface area contributed by atoms with Crippen molar-refractivity contribution in [2.24, 2.45) is 5.73 Å². The van der Waals surface area contributed by atoms with Crippen LogP contribution in [0.3, 0.4) is 0 Å². The van der Waals surface area contributed by atoms with Gasteiger partial charge in [0, 0.05) is 5.56 Å². The second-order valence-corrected chi connectivity index (χ2v) is 4.46. The average molecular weight is 315 g/mol. The van der Waals surface area contributed by atoms with Crippen LogP contribution < -0.4 is 15.2 Å². The molecule has 0 aliphatic rings. The number of para-hydroxylation sites is 1. The Balaban J connectivity index is 2.27. The van der Waals surface area contributed by atoms with Crippen molar-refractivity contribution < 1.29 is 27.0 Å². The lowest BCUT2D eigenvalue weighted by molar-refractivity contribution is -0.274. The van der Waals surface area contributed by atoms with Gasteiger partial charge in [-0.1, -0.05) is 24.3 Å². The van der Waals surface area contributed by atoms with Crippen LogP contribution in [0.4, 0.5) is 17.6 Å². The first-order chi connectivity index (χ1) is 10.3. The van der Waals surface area contributed by atoms with Gasteiger partial charge >= 0.3 is 6.36 Å². The Hall–Kier alpha value is -2.28. The Kier molecular flexibility index (Phi) is 4.56. The molecule has 2 aromatic carbocycles. The van der Waals surface area contributed by atoms with E-state index in [2.05, 4.69) is 4.74 Å². The molecule has 22 heavy (non-hydrogen) atoms. The number of ether oxygens (including phenoxy) is 2. The Morgan fingerprint density at radius 2 is 1.68 bits per heavy atom. The van der Waals surface area contributed by atoms with Crippen molar-refractivity contribution in [3.63, 3.8) is 0 Å². The van der Waals surface area contributed by atoms with Crippen LogP contribution in [0.5, 0.6) is 11.5 Å². The van der Waals surface area contributed by atoms with E-state index in [1.54, 1.807) is 6.07 Å². The van der Waals surface area contributed by atoms with Crippen molar-refractivity contribution in [2.45, 2.75) is 12.4 Å². The number of methoxy groups -OCH3 is 1. The average Bonchev–Trinajstić information content (AvgIpc) is 2.45. The molecule has 0 saturated heterocycles. The van der Waals surface area contributed by atoms with Gasteiger partial charge in [0.25, 0.3) is 0 Å². The topological polar surface area (TPSA) is 44.5 Å². The largest absolute Gasteiger partial charge is 0.573 e. The van der Waals surface area contributed by atoms with Gasteiger partial charge in [-0.15, -0.1) is 13.2 Å². The van der Waals surface area contributed by atoms with Gasteiger partial charge in [0.15, 0.2) is 11.6 Å². The lowest BCUT2D eigenvalue weighted by Crippen LogP contribution is -2.17. The molecule has 1 atom stereocenters. The van der Waals surface area contributed by atoms with Gasteiger partial charge in [-0.25, -0.2) is 4.39 Å². The fraction of sp³-hybridized carbons (Fsp3) is 0.200. The van der Waals surface area contributed by atoms with E-state index in [1.165, 1.54) is 31.4 Å². The molecule has 0 heterocycles. The molecule has 2 N–H and O–H groups in total. The fourth-order valence-electron chi connectivity index (χ4n) is 2.04. The summed E-state index contributed by atoms with van der Waals surface area (Å²) in [6, 6.07) is 8.62. The SMILES string of the molecule is COc1c(F)cccc1[C@H](N)c1ccc(OC(F)(F)F)cc1. The van der Waals surface area contributed by atoms with E-state index in [0.717, 1.165) is 12.1 Å². The maximum absolute atomic E-state index is 13.7. The first-order valence-electron chi connectivity index (χ1n) is 6.25. The Bertz CT molecular complexity index is 641. The molecule has 0 aromatic heterocycles. The van der Waals surface area contributed by atoms with E-state index < -0.39 is 18.2 Å². The standard InChI is InChI=1S/C15H13F4NO2/c1-21-14-11(3-2-4-12(14)16)13(20)9-5-7-10(8-6-9)22-15(17,18)19/h2-8,13H,20H2,1H3/t13-/m1/s1. The molecule has 0 saturated carbocycles. The van der Waals surface area contributed by atoms with Crippen LogP contribution in [0.1, 0.15) is 17.2 Å². The van der Waals surface area contributed by atoms with Crippen LogP contribution in [0.2, 0.25) is 0 Å². The van der Waals surface area contributed by atoms with Crippen LogP contribution in [0.25, 0.3) is 0 Å². The highest BCUT2D eigenvalue weighted by Gasteiger charge is 2.31. The molecule has 0 radical (unpaired) electrons. The minimum Gasteiger partial charge on any atom is -0.493 e. The Morgan fingerprint density at radius 1 is 1.05 bits per heavy atom. The second kappa shape index (κ2) is 6.23. The molecule has 0 fully saturated rings. The molecule has 7 heteroatoms. The zero-order chi connectivity index (χ0) is 16.3. The third-order valence-corrected chi connectivity index (χ3v) is 3.01. The summed E-state index contributed by atoms with van der Waals surface area (Å²) in [4.78, 5) is 0. The van der Waals surface area contributed by atoms with Crippen molar-refractivity contribution in [3.8, 4) is 11.5 Å². The van der Waals surface area contributed by atoms with E-state index in [-0.39, 0.29) is 11.5 Å². The van der Waals surface area contributed by atoms with Gasteiger partial charge in [0.2, 0.25) is 0 Å². The molecule has 0 amide bonds. The van der Waals surface area contributed by atoms with Gasteiger partial charge in [0.05, 0.1) is 13.2 Å². The second-order valence-electron chi connectivity index (χ2n) is 4.46. The van der Waals surface area contributed by atoms with Gasteiger partial charge in [0.1, 0.15) is 5.75 Å². The summed E-state index contributed by atoms with van der Waals surface area (Å²) in [6.45, 7) is 0. The third kappa shape index (κ3) is 3.67. The molecule has 2 aromatic rings. The van der Waals surface area contributed by atoms with Gasteiger partial charge in [-0.3, -0.25) is 0 Å². The van der Waals surface area contributed by atoms with Crippen molar-refractivity contribution in [2.75, 3.05) is 7.11 Å². The number of nitrogens with two attached hydrogens (primary N) is 1. The zero-order valence-electron chi connectivity index (χ0n) is 11.5.